The Morgan fingerprint density at radius 1 is 1.03 bits per heavy atom. The molecule has 0 radical (unpaired) electrons. The lowest BCUT2D eigenvalue weighted by Crippen LogP contribution is -2.51. The van der Waals surface area contributed by atoms with Crippen molar-refractivity contribution >= 4 is 33.5 Å². The van der Waals surface area contributed by atoms with E-state index in [0.29, 0.717) is 37.8 Å². The van der Waals surface area contributed by atoms with Gasteiger partial charge in [-0.2, -0.15) is 0 Å². The summed E-state index contributed by atoms with van der Waals surface area (Å²) >= 11 is 0. The molecule has 29 heavy (non-hydrogen) atoms. The molecule has 1 aromatic heterocycles. The van der Waals surface area contributed by atoms with Crippen LogP contribution >= 0.6 is 0 Å². The summed E-state index contributed by atoms with van der Waals surface area (Å²) in [5.41, 5.74) is 0.493. The molecule has 2 amide bonds. The average Bonchev–Trinajstić information content (AvgIpc) is 2.73. The zero-order chi connectivity index (χ0) is 20.9. The van der Waals surface area contributed by atoms with Crippen LogP contribution in [0.5, 0.6) is 0 Å². The van der Waals surface area contributed by atoms with E-state index in [4.69, 9.17) is 0 Å². The molecule has 11 heteroatoms. The van der Waals surface area contributed by atoms with E-state index in [2.05, 4.69) is 20.0 Å². The predicted molar refractivity (Wildman–Crippen MR) is 107 cm³/mol. The number of hydrogen-bond acceptors (Lipinski definition) is 7. The first-order chi connectivity index (χ1) is 13.8. The minimum absolute atomic E-state index is 0.0189. The van der Waals surface area contributed by atoms with Crippen molar-refractivity contribution in [3.8, 4) is 0 Å². The largest absolute Gasteiger partial charge is 0.338 e. The molecule has 0 atom stereocenters. The summed E-state index contributed by atoms with van der Waals surface area (Å²) in [6.45, 7) is 3.12. The van der Waals surface area contributed by atoms with Gasteiger partial charge in [-0.1, -0.05) is 0 Å². The molecule has 0 saturated carbocycles. The molecule has 0 unspecified atom stereocenters. The van der Waals surface area contributed by atoms with Gasteiger partial charge >= 0.3 is 0 Å². The number of nitrogens with zero attached hydrogens (tertiary/aromatic N) is 4. The second-order valence-electron chi connectivity index (χ2n) is 6.45. The van der Waals surface area contributed by atoms with Crippen LogP contribution in [0.2, 0.25) is 0 Å². The maximum Gasteiger partial charge on any atom is 0.241 e. The summed E-state index contributed by atoms with van der Waals surface area (Å²) in [4.78, 5) is 35.4. The summed E-state index contributed by atoms with van der Waals surface area (Å²) in [6, 6.07) is 7.46. The number of amides is 2. The molecule has 0 aliphatic carbocycles. The van der Waals surface area contributed by atoms with Crippen LogP contribution in [-0.4, -0.2) is 67.8 Å². The summed E-state index contributed by atoms with van der Waals surface area (Å²) < 4.78 is 27.1. The average molecular weight is 418 g/mol. The van der Waals surface area contributed by atoms with Crippen LogP contribution in [0.15, 0.2) is 47.6 Å². The Morgan fingerprint density at radius 2 is 1.66 bits per heavy atom. The molecule has 3 rings (SSSR count). The Morgan fingerprint density at radius 3 is 2.24 bits per heavy atom. The number of aromatic nitrogens is 2. The fourth-order valence-electron chi connectivity index (χ4n) is 2.88. The molecule has 10 nitrogen and oxygen atoms in total. The van der Waals surface area contributed by atoms with Crippen LogP contribution in [0.25, 0.3) is 0 Å². The second-order valence-corrected chi connectivity index (χ2v) is 8.21. The number of hydrogen-bond donors (Lipinski definition) is 2. The lowest BCUT2D eigenvalue weighted by Gasteiger charge is -2.34. The highest BCUT2D eigenvalue weighted by Crippen LogP contribution is 2.14. The van der Waals surface area contributed by atoms with E-state index < -0.39 is 10.0 Å². The number of carbonyl (C=O) groups excluding carboxylic acids is 2. The third-order valence-electron chi connectivity index (χ3n) is 4.37. The quantitative estimate of drug-likeness (QED) is 0.680. The van der Waals surface area contributed by atoms with Gasteiger partial charge in [0.05, 0.1) is 11.4 Å². The monoisotopic (exact) mass is 418 g/mol. The first-order valence-corrected chi connectivity index (χ1v) is 10.5. The van der Waals surface area contributed by atoms with Crippen LogP contribution in [0, 0.1) is 0 Å². The van der Waals surface area contributed by atoms with Gasteiger partial charge in [0.25, 0.3) is 0 Å². The summed E-state index contributed by atoms with van der Waals surface area (Å²) in [5.74, 6) is 0.0725. The van der Waals surface area contributed by atoms with E-state index in [9.17, 15) is 18.0 Å². The van der Waals surface area contributed by atoms with Gasteiger partial charge in [-0.25, -0.2) is 23.1 Å². The Balaban J connectivity index is 1.51. The molecule has 2 aromatic rings. The molecular formula is C18H22N6O4S. The summed E-state index contributed by atoms with van der Waals surface area (Å²) in [6.07, 6.45) is 3.33. The van der Waals surface area contributed by atoms with E-state index in [-0.39, 0.29) is 23.3 Å². The normalized spacial score (nSPS) is 14.5. The second kappa shape index (κ2) is 8.97. The zero-order valence-corrected chi connectivity index (χ0v) is 16.7. The zero-order valence-electron chi connectivity index (χ0n) is 15.9. The Hall–Kier alpha value is -3.05. The highest BCUT2D eigenvalue weighted by molar-refractivity contribution is 7.89. The standard InChI is InChI=1S/C18H22N6O4S/c1-14(25)22-15-3-5-16(6-4-15)29(27,28)21-13-17(26)23-9-11-24(12-10-23)18-19-7-2-8-20-18/h2-8,21H,9-13H2,1H3,(H,22,25). The summed E-state index contributed by atoms with van der Waals surface area (Å²) in [5, 5.41) is 2.56. The number of carbonyl (C=O) groups is 2. The van der Waals surface area contributed by atoms with Gasteiger partial charge < -0.3 is 15.1 Å². The Bertz CT molecular complexity index is 958. The third kappa shape index (κ3) is 5.48. The molecule has 1 fully saturated rings. The lowest BCUT2D eigenvalue weighted by molar-refractivity contribution is -0.130. The van der Waals surface area contributed by atoms with E-state index in [1.165, 1.54) is 31.2 Å². The molecule has 2 N–H and O–H groups in total. The molecular weight excluding hydrogens is 396 g/mol. The number of nitrogens with one attached hydrogen (secondary N) is 2. The first-order valence-electron chi connectivity index (χ1n) is 9.02. The van der Waals surface area contributed by atoms with Crippen molar-refractivity contribution in [2.75, 3.05) is 42.9 Å². The van der Waals surface area contributed by atoms with Crippen molar-refractivity contribution in [1.29, 1.82) is 0 Å². The van der Waals surface area contributed by atoms with Crippen LogP contribution < -0.4 is 14.9 Å². The minimum Gasteiger partial charge on any atom is -0.338 e. The molecule has 154 valence electrons. The Kier molecular flexibility index (Phi) is 6.39. The van der Waals surface area contributed by atoms with Gasteiger partial charge in [-0.05, 0) is 30.3 Å². The lowest BCUT2D eigenvalue weighted by atomic mass is 10.3. The molecule has 1 aliphatic rings. The third-order valence-corrected chi connectivity index (χ3v) is 5.78. The maximum atomic E-state index is 12.4. The van der Waals surface area contributed by atoms with Crippen LogP contribution in [0.4, 0.5) is 11.6 Å². The highest BCUT2D eigenvalue weighted by atomic mass is 32.2. The van der Waals surface area contributed by atoms with Gasteiger partial charge in [-0.3, -0.25) is 9.59 Å². The minimum atomic E-state index is -3.83. The number of anilines is 2. The maximum absolute atomic E-state index is 12.4. The van der Waals surface area contributed by atoms with Crippen molar-refractivity contribution in [3.63, 3.8) is 0 Å². The molecule has 1 aromatic carbocycles. The van der Waals surface area contributed by atoms with E-state index in [1.807, 2.05) is 4.90 Å². The van der Waals surface area contributed by atoms with Crippen LogP contribution in [-0.2, 0) is 19.6 Å². The number of piperazine rings is 1. The number of benzene rings is 1. The van der Waals surface area contributed by atoms with Crippen molar-refractivity contribution in [2.24, 2.45) is 0 Å². The van der Waals surface area contributed by atoms with Crippen molar-refractivity contribution in [2.45, 2.75) is 11.8 Å². The van der Waals surface area contributed by atoms with Gasteiger partial charge in [-0.15, -0.1) is 0 Å². The van der Waals surface area contributed by atoms with Gasteiger partial charge in [0.1, 0.15) is 0 Å². The fraction of sp³-hybridized carbons (Fsp3) is 0.333. The van der Waals surface area contributed by atoms with Crippen LogP contribution in [0.1, 0.15) is 6.92 Å². The predicted octanol–water partition coefficient (Wildman–Crippen LogP) is 0.0621. The van der Waals surface area contributed by atoms with Crippen molar-refractivity contribution in [1.82, 2.24) is 19.6 Å². The molecule has 1 saturated heterocycles. The smallest absolute Gasteiger partial charge is 0.241 e. The SMILES string of the molecule is CC(=O)Nc1ccc(S(=O)(=O)NCC(=O)N2CCN(c3ncccn3)CC2)cc1. The van der Waals surface area contributed by atoms with Gasteiger partial charge in [0, 0.05) is 51.2 Å². The van der Waals surface area contributed by atoms with Gasteiger partial charge in [0.2, 0.25) is 27.8 Å². The molecule has 1 aliphatic heterocycles. The van der Waals surface area contributed by atoms with Gasteiger partial charge in [0.15, 0.2) is 0 Å². The summed E-state index contributed by atoms with van der Waals surface area (Å²) in [7, 11) is -3.83. The van der Waals surface area contributed by atoms with E-state index in [1.54, 1.807) is 23.4 Å². The molecule has 2 heterocycles. The van der Waals surface area contributed by atoms with Crippen molar-refractivity contribution in [3.05, 3.63) is 42.7 Å². The number of rotatable bonds is 6. The topological polar surface area (TPSA) is 125 Å². The first kappa shape index (κ1) is 20.7. The Labute approximate surface area is 169 Å². The molecule has 0 spiro atoms. The van der Waals surface area contributed by atoms with Crippen LogP contribution in [0.3, 0.4) is 0 Å². The highest BCUT2D eigenvalue weighted by Gasteiger charge is 2.24. The fourth-order valence-corrected chi connectivity index (χ4v) is 3.86. The molecule has 0 bridgehead atoms. The number of sulfonamides is 1. The van der Waals surface area contributed by atoms with Crippen molar-refractivity contribution < 1.29 is 18.0 Å². The van der Waals surface area contributed by atoms with E-state index >= 15 is 0 Å². The van der Waals surface area contributed by atoms with E-state index in [0.717, 1.165) is 0 Å².